The second-order valence-corrected chi connectivity index (χ2v) is 3.92. The van der Waals surface area contributed by atoms with E-state index < -0.39 is 0 Å². The SMILES string of the molecule is CC(CC(=O)NCCO)c1ccc(O)cc1O. The molecule has 94 valence electrons. The number of hydrogen-bond donors (Lipinski definition) is 4. The summed E-state index contributed by atoms with van der Waals surface area (Å²) in [5, 5.41) is 29.9. The van der Waals surface area contributed by atoms with Crippen LogP contribution in [0.4, 0.5) is 0 Å². The van der Waals surface area contributed by atoms with Gasteiger partial charge in [-0.25, -0.2) is 0 Å². The van der Waals surface area contributed by atoms with E-state index in [0.717, 1.165) is 0 Å². The Labute approximate surface area is 99.7 Å². The van der Waals surface area contributed by atoms with Crippen molar-refractivity contribution in [2.45, 2.75) is 19.3 Å². The molecule has 1 aromatic carbocycles. The highest BCUT2D eigenvalue weighted by Crippen LogP contribution is 2.30. The maximum atomic E-state index is 11.4. The Morgan fingerprint density at radius 2 is 2.12 bits per heavy atom. The number of nitrogens with one attached hydrogen (secondary N) is 1. The third-order valence-corrected chi connectivity index (χ3v) is 2.47. The van der Waals surface area contributed by atoms with Gasteiger partial charge in [0.25, 0.3) is 0 Å². The molecule has 17 heavy (non-hydrogen) atoms. The third-order valence-electron chi connectivity index (χ3n) is 2.47. The fraction of sp³-hybridized carbons (Fsp3) is 0.417. The van der Waals surface area contributed by atoms with Gasteiger partial charge in [-0.2, -0.15) is 0 Å². The van der Waals surface area contributed by atoms with Crippen LogP contribution < -0.4 is 5.32 Å². The molecule has 4 N–H and O–H groups in total. The van der Waals surface area contributed by atoms with E-state index in [9.17, 15) is 9.90 Å². The summed E-state index contributed by atoms with van der Waals surface area (Å²) in [5.41, 5.74) is 0.613. The maximum absolute atomic E-state index is 11.4. The topological polar surface area (TPSA) is 89.8 Å². The lowest BCUT2D eigenvalue weighted by Gasteiger charge is -2.13. The van der Waals surface area contributed by atoms with Crippen LogP contribution >= 0.6 is 0 Å². The second-order valence-electron chi connectivity index (χ2n) is 3.92. The van der Waals surface area contributed by atoms with Crippen molar-refractivity contribution in [3.05, 3.63) is 23.8 Å². The van der Waals surface area contributed by atoms with Gasteiger partial charge < -0.3 is 20.6 Å². The summed E-state index contributed by atoms with van der Waals surface area (Å²) in [6.45, 7) is 1.95. The predicted octanol–water partition coefficient (Wildman–Crippen LogP) is 0.700. The summed E-state index contributed by atoms with van der Waals surface area (Å²) in [7, 11) is 0. The van der Waals surface area contributed by atoms with Crippen molar-refractivity contribution in [3.8, 4) is 11.5 Å². The average molecular weight is 239 g/mol. The second kappa shape index (κ2) is 6.10. The van der Waals surface area contributed by atoms with E-state index in [1.807, 2.05) is 6.92 Å². The lowest BCUT2D eigenvalue weighted by molar-refractivity contribution is -0.121. The van der Waals surface area contributed by atoms with Crippen LogP contribution in [0.3, 0.4) is 0 Å². The number of hydrogen-bond acceptors (Lipinski definition) is 4. The smallest absolute Gasteiger partial charge is 0.220 e. The van der Waals surface area contributed by atoms with E-state index in [0.29, 0.717) is 5.56 Å². The number of aliphatic hydroxyl groups excluding tert-OH is 1. The first kappa shape index (κ1) is 13.3. The number of aliphatic hydroxyl groups is 1. The Morgan fingerprint density at radius 3 is 2.71 bits per heavy atom. The lowest BCUT2D eigenvalue weighted by atomic mass is 9.96. The minimum Gasteiger partial charge on any atom is -0.508 e. The molecule has 0 aliphatic heterocycles. The van der Waals surface area contributed by atoms with Gasteiger partial charge in [0.2, 0.25) is 5.91 Å². The lowest BCUT2D eigenvalue weighted by Crippen LogP contribution is -2.27. The Kier molecular flexibility index (Phi) is 4.78. The van der Waals surface area contributed by atoms with Crippen LogP contribution in [0.5, 0.6) is 11.5 Å². The Bertz CT molecular complexity index is 392. The molecule has 0 aromatic heterocycles. The van der Waals surface area contributed by atoms with Crippen LogP contribution in [-0.2, 0) is 4.79 Å². The first-order valence-electron chi connectivity index (χ1n) is 5.44. The van der Waals surface area contributed by atoms with Crippen molar-refractivity contribution in [2.24, 2.45) is 0 Å². The minimum atomic E-state index is -0.181. The van der Waals surface area contributed by atoms with Crippen LogP contribution in [0.15, 0.2) is 18.2 Å². The van der Waals surface area contributed by atoms with E-state index in [1.165, 1.54) is 12.1 Å². The van der Waals surface area contributed by atoms with Gasteiger partial charge in [0, 0.05) is 19.0 Å². The third kappa shape index (κ3) is 3.96. The van der Waals surface area contributed by atoms with E-state index in [4.69, 9.17) is 10.2 Å². The average Bonchev–Trinajstić information content (AvgIpc) is 2.26. The van der Waals surface area contributed by atoms with E-state index in [-0.39, 0.29) is 42.9 Å². The molecule has 0 bridgehead atoms. The molecule has 0 radical (unpaired) electrons. The highest BCUT2D eigenvalue weighted by Gasteiger charge is 2.14. The maximum Gasteiger partial charge on any atom is 0.220 e. The fourth-order valence-electron chi connectivity index (χ4n) is 1.60. The van der Waals surface area contributed by atoms with Crippen molar-refractivity contribution in [1.29, 1.82) is 0 Å². The zero-order valence-electron chi connectivity index (χ0n) is 9.68. The van der Waals surface area contributed by atoms with Gasteiger partial charge in [-0.1, -0.05) is 13.0 Å². The van der Waals surface area contributed by atoms with Crippen molar-refractivity contribution in [1.82, 2.24) is 5.32 Å². The number of carbonyl (C=O) groups is 1. The Hall–Kier alpha value is -1.75. The van der Waals surface area contributed by atoms with Crippen molar-refractivity contribution < 1.29 is 20.1 Å². The van der Waals surface area contributed by atoms with Gasteiger partial charge in [-0.15, -0.1) is 0 Å². The van der Waals surface area contributed by atoms with Gasteiger partial charge in [0.1, 0.15) is 11.5 Å². The molecule has 0 aliphatic rings. The number of phenolic OH excluding ortho intramolecular Hbond substituents is 2. The number of rotatable bonds is 5. The van der Waals surface area contributed by atoms with Crippen molar-refractivity contribution >= 4 is 5.91 Å². The summed E-state index contributed by atoms with van der Waals surface area (Å²) in [4.78, 5) is 11.4. The molecule has 1 aromatic rings. The zero-order chi connectivity index (χ0) is 12.8. The monoisotopic (exact) mass is 239 g/mol. The van der Waals surface area contributed by atoms with Gasteiger partial charge in [-0.05, 0) is 17.5 Å². The molecule has 0 saturated heterocycles. The fourth-order valence-corrected chi connectivity index (χ4v) is 1.60. The summed E-state index contributed by atoms with van der Waals surface area (Å²) >= 11 is 0. The van der Waals surface area contributed by atoms with Crippen LogP contribution in [0, 0.1) is 0 Å². The summed E-state index contributed by atoms with van der Waals surface area (Å²) < 4.78 is 0. The van der Waals surface area contributed by atoms with Crippen LogP contribution in [-0.4, -0.2) is 34.4 Å². The molecule has 1 amide bonds. The summed E-state index contributed by atoms with van der Waals surface area (Å²) in [6.07, 6.45) is 0.221. The quantitative estimate of drug-likeness (QED) is 0.609. The minimum absolute atomic E-state index is 0.0109. The highest BCUT2D eigenvalue weighted by molar-refractivity contribution is 5.77. The molecular formula is C12H17NO4. The largest absolute Gasteiger partial charge is 0.508 e. The highest BCUT2D eigenvalue weighted by atomic mass is 16.3. The van der Waals surface area contributed by atoms with Crippen LogP contribution in [0.1, 0.15) is 24.8 Å². The van der Waals surface area contributed by atoms with E-state index in [1.54, 1.807) is 6.07 Å². The molecular weight excluding hydrogens is 222 g/mol. The molecule has 0 fully saturated rings. The molecule has 5 heteroatoms. The first-order valence-corrected chi connectivity index (χ1v) is 5.44. The normalized spacial score (nSPS) is 12.1. The van der Waals surface area contributed by atoms with Gasteiger partial charge in [0.15, 0.2) is 0 Å². The van der Waals surface area contributed by atoms with Gasteiger partial charge in [-0.3, -0.25) is 4.79 Å². The number of benzene rings is 1. The van der Waals surface area contributed by atoms with E-state index >= 15 is 0 Å². The Balaban J connectivity index is 2.63. The molecule has 0 spiro atoms. The van der Waals surface area contributed by atoms with E-state index in [2.05, 4.69) is 5.32 Å². The standard InChI is InChI=1S/C12H17NO4/c1-8(6-12(17)13-4-5-14)10-3-2-9(15)7-11(10)16/h2-3,7-8,14-16H,4-6H2,1H3,(H,13,17). The summed E-state index contributed by atoms with van der Waals surface area (Å²) in [6, 6.07) is 4.31. The Morgan fingerprint density at radius 1 is 1.41 bits per heavy atom. The van der Waals surface area contributed by atoms with Gasteiger partial charge >= 0.3 is 0 Å². The van der Waals surface area contributed by atoms with Crippen molar-refractivity contribution in [2.75, 3.05) is 13.2 Å². The number of amides is 1. The van der Waals surface area contributed by atoms with Crippen LogP contribution in [0.25, 0.3) is 0 Å². The molecule has 5 nitrogen and oxygen atoms in total. The molecule has 1 rings (SSSR count). The predicted molar refractivity (Wildman–Crippen MR) is 62.9 cm³/mol. The number of aromatic hydroxyl groups is 2. The summed E-state index contributed by atoms with van der Waals surface area (Å²) in [5.74, 6) is -0.371. The van der Waals surface area contributed by atoms with Crippen LogP contribution in [0.2, 0.25) is 0 Å². The molecule has 0 heterocycles. The molecule has 1 atom stereocenters. The number of carbonyl (C=O) groups excluding carboxylic acids is 1. The zero-order valence-corrected chi connectivity index (χ0v) is 9.68. The molecule has 0 saturated carbocycles. The van der Waals surface area contributed by atoms with Gasteiger partial charge in [0.05, 0.1) is 6.61 Å². The molecule has 1 unspecified atom stereocenters. The molecule has 0 aliphatic carbocycles. The number of phenols is 2. The first-order chi connectivity index (χ1) is 8.04. The van der Waals surface area contributed by atoms with Crippen molar-refractivity contribution in [3.63, 3.8) is 0 Å².